The molecule has 1 N–H and O–H groups in total. The molecule has 7 heteroatoms. The maximum absolute atomic E-state index is 12.3. The van der Waals surface area contributed by atoms with Gasteiger partial charge in [-0.25, -0.2) is 0 Å². The van der Waals surface area contributed by atoms with E-state index in [2.05, 4.69) is 5.32 Å². The van der Waals surface area contributed by atoms with Crippen molar-refractivity contribution in [2.45, 2.75) is 6.54 Å². The van der Waals surface area contributed by atoms with Gasteiger partial charge < -0.3 is 14.8 Å². The minimum Gasteiger partial charge on any atom is -0.497 e. The first kappa shape index (κ1) is 19.4. The molecule has 0 heterocycles. The van der Waals surface area contributed by atoms with Gasteiger partial charge in [0, 0.05) is 12.6 Å². The summed E-state index contributed by atoms with van der Waals surface area (Å²) in [4.78, 5) is 14.2. The van der Waals surface area contributed by atoms with Crippen LogP contribution in [-0.2, 0) is 11.3 Å². The van der Waals surface area contributed by atoms with Gasteiger partial charge in [-0.2, -0.15) is 0 Å². The van der Waals surface area contributed by atoms with Gasteiger partial charge in [-0.3, -0.25) is 9.69 Å². The van der Waals surface area contributed by atoms with E-state index in [1.54, 1.807) is 44.6 Å². The summed E-state index contributed by atoms with van der Waals surface area (Å²) in [6, 6.07) is 10.7. The molecule has 0 unspecified atom stereocenters. The van der Waals surface area contributed by atoms with Crippen molar-refractivity contribution in [1.29, 1.82) is 0 Å². The fourth-order valence-electron chi connectivity index (χ4n) is 2.35. The first-order valence-electron chi connectivity index (χ1n) is 7.57. The number of hydrogen-bond acceptors (Lipinski definition) is 4. The molecule has 0 spiro atoms. The molecular weight excluding hydrogens is 363 g/mol. The van der Waals surface area contributed by atoms with Gasteiger partial charge in [0.15, 0.2) is 0 Å². The van der Waals surface area contributed by atoms with Crippen LogP contribution < -0.4 is 14.8 Å². The minimum absolute atomic E-state index is 0.158. The number of carbonyl (C=O) groups is 1. The Morgan fingerprint density at radius 1 is 1.08 bits per heavy atom. The van der Waals surface area contributed by atoms with Crippen molar-refractivity contribution in [1.82, 2.24) is 4.90 Å². The second kappa shape index (κ2) is 8.94. The predicted octanol–water partition coefficient (Wildman–Crippen LogP) is 4.08. The lowest BCUT2D eigenvalue weighted by Gasteiger charge is -2.18. The summed E-state index contributed by atoms with van der Waals surface area (Å²) in [5.41, 5.74) is 1.54. The van der Waals surface area contributed by atoms with Gasteiger partial charge in [0.25, 0.3) is 0 Å². The van der Waals surface area contributed by atoms with E-state index in [0.29, 0.717) is 33.8 Å². The zero-order valence-electron chi connectivity index (χ0n) is 14.3. The Hall–Kier alpha value is -1.95. The normalized spacial score (nSPS) is 10.6. The second-order valence-electron chi connectivity index (χ2n) is 5.54. The Kier molecular flexibility index (Phi) is 6.93. The molecule has 0 aromatic heterocycles. The average molecular weight is 383 g/mol. The molecule has 0 saturated carbocycles. The van der Waals surface area contributed by atoms with Crippen molar-refractivity contribution in [3.63, 3.8) is 0 Å². The molecule has 0 bridgehead atoms. The number of amides is 1. The van der Waals surface area contributed by atoms with Gasteiger partial charge in [0.1, 0.15) is 11.5 Å². The third-order valence-corrected chi connectivity index (χ3v) is 4.27. The monoisotopic (exact) mass is 382 g/mol. The number of ether oxygens (including phenoxy) is 2. The van der Waals surface area contributed by atoms with Crippen molar-refractivity contribution in [2.75, 3.05) is 33.1 Å². The van der Waals surface area contributed by atoms with E-state index in [1.165, 1.54) is 0 Å². The van der Waals surface area contributed by atoms with Gasteiger partial charge in [-0.1, -0.05) is 29.3 Å². The number of nitrogens with one attached hydrogen (secondary N) is 1. The maximum Gasteiger partial charge on any atom is 0.238 e. The van der Waals surface area contributed by atoms with E-state index in [4.69, 9.17) is 32.7 Å². The van der Waals surface area contributed by atoms with E-state index in [-0.39, 0.29) is 12.5 Å². The van der Waals surface area contributed by atoms with E-state index in [0.717, 1.165) is 5.56 Å². The van der Waals surface area contributed by atoms with Crippen LogP contribution in [0.3, 0.4) is 0 Å². The molecule has 0 aliphatic rings. The van der Waals surface area contributed by atoms with Crippen LogP contribution in [0.25, 0.3) is 0 Å². The number of nitrogens with zero attached hydrogens (tertiary/aromatic N) is 1. The highest BCUT2D eigenvalue weighted by Crippen LogP contribution is 2.29. The molecule has 25 heavy (non-hydrogen) atoms. The van der Waals surface area contributed by atoms with E-state index < -0.39 is 0 Å². The number of carbonyl (C=O) groups excluding carboxylic acids is 1. The molecule has 2 aromatic carbocycles. The lowest BCUT2D eigenvalue weighted by molar-refractivity contribution is -0.117. The van der Waals surface area contributed by atoms with Crippen LogP contribution in [-0.4, -0.2) is 38.6 Å². The summed E-state index contributed by atoms with van der Waals surface area (Å²) in [5.74, 6) is 1.05. The standard InChI is InChI=1S/C18H20Cl2N2O3/c1-22(10-12-4-6-14(19)15(20)8-12)11-18(23)21-16-9-13(24-2)5-7-17(16)25-3/h4-9H,10-11H2,1-3H3,(H,21,23). The van der Waals surface area contributed by atoms with Crippen LogP contribution in [0.5, 0.6) is 11.5 Å². The van der Waals surface area contributed by atoms with Gasteiger partial charge in [-0.15, -0.1) is 0 Å². The van der Waals surface area contributed by atoms with Crippen LogP contribution in [0.4, 0.5) is 5.69 Å². The molecule has 2 aromatic rings. The molecule has 0 atom stereocenters. The number of hydrogen-bond donors (Lipinski definition) is 1. The fourth-order valence-corrected chi connectivity index (χ4v) is 2.67. The zero-order valence-corrected chi connectivity index (χ0v) is 15.8. The minimum atomic E-state index is -0.158. The van der Waals surface area contributed by atoms with Gasteiger partial charge in [0.05, 0.1) is 36.5 Å². The summed E-state index contributed by atoms with van der Waals surface area (Å²) in [5, 5.41) is 3.85. The van der Waals surface area contributed by atoms with Crippen molar-refractivity contribution < 1.29 is 14.3 Å². The number of anilines is 1. The van der Waals surface area contributed by atoms with Crippen LogP contribution in [0.1, 0.15) is 5.56 Å². The number of likely N-dealkylation sites (N-methyl/N-ethyl adjacent to an activating group) is 1. The van der Waals surface area contributed by atoms with Crippen molar-refractivity contribution in [2.24, 2.45) is 0 Å². The number of halogens is 2. The van der Waals surface area contributed by atoms with Crippen molar-refractivity contribution in [3.05, 3.63) is 52.0 Å². The van der Waals surface area contributed by atoms with Crippen LogP contribution in [0.15, 0.2) is 36.4 Å². The molecule has 2 rings (SSSR count). The average Bonchev–Trinajstić information content (AvgIpc) is 2.57. The van der Waals surface area contributed by atoms with Crippen molar-refractivity contribution in [3.8, 4) is 11.5 Å². The molecule has 1 amide bonds. The summed E-state index contributed by atoms with van der Waals surface area (Å²) in [7, 11) is 4.97. The molecular formula is C18H20Cl2N2O3. The lowest BCUT2D eigenvalue weighted by atomic mass is 10.2. The molecule has 134 valence electrons. The summed E-state index contributed by atoms with van der Waals surface area (Å²) >= 11 is 11.9. The SMILES string of the molecule is COc1ccc(OC)c(NC(=O)CN(C)Cc2ccc(Cl)c(Cl)c2)c1. The lowest BCUT2D eigenvalue weighted by Crippen LogP contribution is -2.30. The van der Waals surface area contributed by atoms with Crippen LogP contribution in [0, 0.1) is 0 Å². The quantitative estimate of drug-likeness (QED) is 0.783. The fraction of sp³-hybridized carbons (Fsp3) is 0.278. The molecule has 0 fully saturated rings. The number of rotatable bonds is 7. The van der Waals surface area contributed by atoms with Gasteiger partial charge >= 0.3 is 0 Å². The number of methoxy groups -OCH3 is 2. The van der Waals surface area contributed by atoms with E-state index in [9.17, 15) is 4.79 Å². The molecule has 0 radical (unpaired) electrons. The van der Waals surface area contributed by atoms with E-state index >= 15 is 0 Å². The number of benzene rings is 2. The molecule has 0 aliphatic carbocycles. The van der Waals surface area contributed by atoms with E-state index in [1.807, 2.05) is 18.0 Å². The summed E-state index contributed by atoms with van der Waals surface area (Å²) < 4.78 is 10.4. The Morgan fingerprint density at radius 2 is 1.84 bits per heavy atom. The topological polar surface area (TPSA) is 50.8 Å². The smallest absolute Gasteiger partial charge is 0.238 e. The molecule has 5 nitrogen and oxygen atoms in total. The largest absolute Gasteiger partial charge is 0.497 e. The van der Waals surface area contributed by atoms with Crippen molar-refractivity contribution >= 4 is 34.8 Å². The van der Waals surface area contributed by atoms with Crippen LogP contribution >= 0.6 is 23.2 Å². The molecule has 0 saturated heterocycles. The third kappa shape index (κ3) is 5.53. The first-order valence-corrected chi connectivity index (χ1v) is 8.33. The third-order valence-electron chi connectivity index (χ3n) is 3.53. The second-order valence-corrected chi connectivity index (χ2v) is 6.35. The maximum atomic E-state index is 12.3. The van der Waals surface area contributed by atoms with Crippen LogP contribution in [0.2, 0.25) is 10.0 Å². The molecule has 0 aliphatic heterocycles. The zero-order chi connectivity index (χ0) is 18.4. The highest BCUT2D eigenvalue weighted by molar-refractivity contribution is 6.42. The first-order chi connectivity index (χ1) is 11.9. The Labute approximate surface area is 157 Å². The Bertz CT molecular complexity index is 753. The highest BCUT2D eigenvalue weighted by atomic mass is 35.5. The van der Waals surface area contributed by atoms with Gasteiger partial charge in [0.2, 0.25) is 5.91 Å². The highest BCUT2D eigenvalue weighted by Gasteiger charge is 2.12. The Morgan fingerprint density at radius 3 is 2.48 bits per heavy atom. The van der Waals surface area contributed by atoms with Gasteiger partial charge in [-0.05, 0) is 36.9 Å². The summed E-state index contributed by atoms with van der Waals surface area (Å²) in [6.45, 7) is 0.778. The predicted molar refractivity (Wildman–Crippen MR) is 101 cm³/mol. The summed E-state index contributed by atoms with van der Waals surface area (Å²) in [6.07, 6.45) is 0. The Balaban J connectivity index is 1.98.